The fourth-order valence-electron chi connectivity index (χ4n) is 1.19. The summed E-state index contributed by atoms with van der Waals surface area (Å²) in [5, 5.41) is 2.48. The van der Waals surface area contributed by atoms with E-state index in [1.54, 1.807) is 27.8 Å². The number of nitrogens with zero attached hydrogens (tertiary/aromatic N) is 1. The van der Waals surface area contributed by atoms with Gasteiger partial charge in [0.1, 0.15) is 6.04 Å². The molecule has 1 atom stereocenters. The van der Waals surface area contributed by atoms with Gasteiger partial charge in [0.25, 0.3) is 0 Å². The molecule has 0 saturated carbocycles. The van der Waals surface area contributed by atoms with E-state index in [0.717, 1.165) is 0 Å². The molecule has 0 aliphatic heterocycles. The van der Waals surface area contributed by atoms with Crippen molar-refractivity contribution < 1.29 is 14.4 Å². The van der Waals surface area contributed by atoms with Gasteiger partial charge in [-0.15, -0.1) is 0 Å². The first-order valence-electron chi connectivity index (χ1n) is 5.30. The molecule has 92 valence electrons. The van der Waals surface area contributed by atoms with Crippen molar-refractivity contribution in [2.75, 3.05) is 13.6 Å². The van der Waals surface area contributed by atoms with Crippen LogP contribution < -0.4 is 5.32 Å². The van der Waals surface area contributed by atoms with E-state index >= 15 is 0 Å². The molecule has 2 amide bonds. The Labute approximate surface area is 96.2 Å². The van der Waals surface area contributed by atoms with Gasteiger partial charge >= 0.3 is 0 Å². The van der Waals surface area contributed by atoms with Crippen LogP contribution in [-0.2, 0) is 14.4 Å². The zero-order valence-corrected chi connectivity index (χ0v) is 10.5. The summed E-state index contributed by atoms with van der Waals surface area (Å²) in [6.45, 7) is 6.61. The van der Waals surface area contributed by atoms with E-state index in [2.05, 4.69) is 5.32 Å². The average Bonchev–Trinajstić information content (AvgIpc) is 2.14. The molecule has 0 bridgehead atoms. The second-order valence-corrected chi connectivity index (χ2v) is 4.24. The number of hydrogen-bond acceptors (Lipinski definition) is 3. The minimum absolute atomic E-state index is 0.00544. The van der Waals surface area contributed by atoms with Crippen molar-refractivity contribution in [1.82, 2.24) is 10.2 Å². The number of nitrogens with one attached hydrogen (secondary N) is 1. The van der Waals surface area contributed by atoms with Crippen LogP contribution in [0.4, 0.5) is 0 Å². The normalized spacial score (nSPS) is 12.1. The number of hydrogen-bond donors (Lipinski definition) is 1. The fourth-order valence-corrected chi connectivity index (χ4v) is 1.19. The molecule has 0 aliphatic rings. The molecule has 0 fully saturated rings. The Morgan fingerprint density at radius 1 is 1.19 bits per heavy atom. The Hall–Kier alpha value is -1.39. The Morgan fingerprint density at radius 2 is 1.69 bits per heavy atom. The number of carbonyl (C=O) groups is 3. The summed E-state index contributed by atoms with van der Waals surface area (Å²) in [7, 11) is 1.56. The maximum Gasteiger partial charge on any atom is 0.244 e. The van der Waals surface area contributed by atoms with Gasteiger partial charge < -0.3 is 10.2 Å². The molecule has 0 aliphatic carbocycles. The summed E-state index contributed by atoms with van der Waals surface area (Å²) in [5.74, 6) is -0.606. The Bertz CT molecular complexity index is 287. The van der Waals surface area contributed by atoms with Crippen LogP contribution in [0.3, 0.4) is 0 Å². The van der Waals surface area contributed by atoms with E-state index in [4.69, 9.17) is 0 Å². The summed E-state index contributed by atoms with van der Waals surface area (Å²) in [5.41, 5.74) is 0. The smallest absolute Gasteiger partial charge is 0.244 e. The number of amides is 2. The first-order valence-corrected chi connectivity index (χ1v) is 5.30. The first-order chi connectivity index (χ1) is 7.25. The highest BCUT2D eigenvalue weighted by Gasteiger charge is 2.20. The minimum Gasteiger partial charge on any atom is -0.345 e. The summed E-state index contributed by atoms with van der Waals surface area (Å²) in [4.78, 5) is 35.2. The third-order valence-corrected chi connectivity index (χ3v) is 2.20. The molecule has 0 aromatic rings. The Balaban J connectivity index is 4.28. The van der Waals surface area contributed by atoms with Crippen LogP contribution in [0.25, 0.3) is 0 Å². The molecule has 0 heterocycles. The summed E-state index contributed by atoms with van der Waals surface area (Å²) >= 11 is 0. The van der Waals surface area contributed by atoms with E-state index in [-0.39, 0.29) is 30.1 Å². The molecule has 1 N–H and O–H groups in total. The average molecular weight is 228 g/mol. The molecule has 0 radical (unpaired) electrons. The third-order valence-electron chi connectivity index (χ3n) is 2.20. The molecule has 0 spiro atoms. The maximum absolute atomic E-state index is 11.7. The van der Waals surface area contributed by atoms with Crippen molar-refractivity contribution in [3.8, 4) is 0 Å². The van der Waals surface area contributed by atoms with Crippen LogP contribution >= 0.6 is 0 Å². The number of Topliss-reactive ketones (excluding diaryl/α,β-unsaturated/α-hetero) is 1. The molecular formula is C11H20N2O3. The van der Waals surface area contributed by atoms with Crippen molar-refractivity contribution in [3.05, 3.63) is 0 Å². The zero-order valence-electron chi connectivity index (χ0n) is 10.5. The second kappa shape index (κ2) is 6.25. The minimum atomic E-state index is -0.595. The van der Waals surface area contributed by atoms with E-state index in [1.807, 2.05) is 0 Å². The van der Waals surface area contributed by atoms with Crippen LogP contribution in [-0.4, -0.2) is 42.1 Å². The second-order valence-electron chi connectivity index (χ2n) is 4.24. The maximum atomic E-state index is 11.7. The number of carbonyl (C=O) groups excluding carboxylic acids is 3. The predicted octanol–water partition coefficient (Wildman–Crippen LogP) is 0.194. The van der Waals surface area contributed by atoms with Gasteiger partial charge in [-0.25, -0.2) is 0 Å². The van der Waals surface area contributed by atoms with Crippen LogP contribution in [0.2, 0.25) is 0 Å². The highest BCUT2D eigenvalue weighted by atomic mass is 16.2. The molecule has 5 heteroatoms. The number of likely N-dealkylation sites (N-methyl/N-ethyl adjacent to an activating group) is 1. The van der Waals surface area contributed by atoms with E-state index in [9.17, 15) is 14.4 Å². The van der Waals surface area contributed by atoms with Gasteiger partial charge in [0.05, 0.1) is 6.54 Å². The van der Waals surface area contributed by atoms with Crippen LogP contribution in [0, 0.1) is 5.92 Å². The Kier molecular flexibility index (Phi) is 5.71. The van der Waals surface area contributed by atoms with Crippen LogP contribution in [0.15, 0.2) is 0 Å². The SMILES string of the molecule is CC(=O)NC(C)C(=O)N(C)CC(=O)C(C)C. The van der Waals surface area contributed by atoms with Crippen molar-refractivity contribution in [2.24, 2.45) is 5.92 Å². The summed E-state index contributed by atoms with van der Waals surface area (Å²) < 4.78 is 0. The van der Waals surface area contributed by atoms with E-state index < -0.39 is 6.04 Å². The van der Waals surface area contributed by atoms with Gasteiger partial charge in [-0.05, 0) is 6.92 Å². The molecule has 5 nitrogen and oxygen atoms in total. The topological polar surface area (TPSA) is 66.5 Å². The van der Waals surface area contributed by atoms with Gasteiger partial charge in [-0.1, -0.05) is 13.8 Å². The monoisotopic (exact) mass is 228 g/mol. The van der Waals surface area contributed by atoms with E-state index in [0.29, 0.717) is 0 Å². The molecule has 0 saturated heterocycles. The molecule has 1 unspecified atom stereocenters. The highest BCUT2D eigenvalue weighted by Crippen LogP contribution is 1.98. The summed E-state index contributed by atoms with van der Waals surface area (Å²) in [6.07, 6.45) is 0. The lowest BCUT2D eigenvalue weighted by Gasteiger charge is -2.21. The predicted molar refractivity (Wildman–Crippen MR) is 60.8 cm³/mol. The summed E-state index contributed by atoms with van der Waals surface area (Å²) in [6, 6.07) is -0.595. The Morgan fingerprint density at radius 3 is 2.06 bits per heavy atom. The van der Waals surface area contributed by atoms with Crippen molar-refractivity contribution in [3.63, 3.8) is 0 Å². The highest BCUT2D eigenvalue weighted by molar-refractivity contribution is 5.90. The molecule has 0 aromatic carbocycles. The fraction of sp³-hybridized carbons (Fsp3) is 0.727. The third kappa shape index (κ3) is 4.91. The van der Waals surface area contributed by atoms with E-state index in [1.165, 1.54) is 11.8 Å². The van der Waals surface area contributed by atoms with Gasteiger partial charge in [-0.3, -0.25) is 14.4 Å². The molecule has 0 aromatic heterocycles. The quantitative estimate of drug-likeness (QED) is 0.730. The van der Waals surface area contributed by atoms with Crippen molar-refractivity contribution in [2.45, 2.75) is 33.7 Å². The standard InChI is InChI=1S/C11H20N2O3/c1-7(2)10(15)6-13(5)11(16)8(3)12-9(4)14/h7-8H,6H2,1-5H3,(H,12,14). The van der Waals surface area contributed by atoms with Crippen LogP contribution in [0.5, 0.6) is 0 Å². The molecule has 0 rings (SSSR count). The number of ketones is 1. The number of rotatable bonds is 5. The largest absolute Gasteiger partial charge is 0.345 e. The van der Waals surface area contributed by atoms with Gasteiger partial charge in [0.15, 0.2) is 5.78 Å². The molecular weight excluding hydrogens is 208 g/mol. The lowest BCUT2D eigenvalue weighted by atomic mass is 10.1. The van der Waals surface area contributed by atoms with Crippen molar-refractivity contribution >= 4 is 17.6 Å². The van der Waals surface area contributed by atoms with Gasteiger partial charge in [0.2, 0.25) is 11.8 Å². The van der Waals surface area contributed by atoms with Crippen molar-refractivity contribution in [1.29, 1.82) is 0 Å². The lowest BCUT2D eigenvalue weighted by Crippen LogP contribution is -2.46. The van der Waals surface area contributed by atoms with Gasteiger partial charge in [-0.2, -0.15) is 0 Å². The lowest BCUT2D eigenvalue weighted by molar-refractivity contribution is -0.137. The first kappa shape index (κ1) is 14.6. The zero-order chi connectivity index (χ0) is 12.9. The molecule has 16 heavy (non-hydrogen) atoms. The van der Waals surface area contributed by atoms with Crippen LogP contribution in [0.1, 0.15) is 27.7 Å². The van der Waals surface area contributed by atoms with Gasteiger partial charge in [0, 0.05) is 19.9 Å².